The molecule has 1 N–H and O–H groups in total. The standard InChI is InChI=1S/C15H13BrFNO/c1-9-6-7-11(17)8-12(9)15(19)18-14-5-3-4-13(16)10(14)2/h3-8H,1-2H3,(H,18,19). The van der Waals surface area contributed by atoms with Crippen molar-refractivity contribution in [1.29, 1.82) is 0 Å². The molecule has 2 aromatic rings. The van der Waals surface area contributed by atoms with Gasteiger partial charge in [0.05, 0.1) is 0 Å². The first-order chi connectivity index (χ1) is 8.99. The first-order valence-corrected chi connectivity index (χ1v) is 6.61. The zero-order chi connectivity index (χ0) is 14.0. The molecule has 1 amide bonds. The normalized spacial score (nSPS) is 10.3. The van der Waals surface area contributed by atoms with Crippen LogP contribution >= 0.6 is 15.9 Å². The molecule has 0 aliphatic carbocycles. The van der Waals surface area contributed by atoms with E-state index in [4.69, 9.17) is 0 Å². The van der Waals surface area contributed by atoms with Gasteiger partial charge in [0.1, 0.15) is 5.82 Å². The number of benzene rings is 2. The van der Waals surface area contributed by atoms with Crippen LogP contribution in [0.1, 0.15) is 21.5 Å². The average molecular weight is 322 g/mol. The molecule has 0 saturated heterocycles. The molecule has 0 aromatic heterocycles. The number of carbonyl (C=O) groups excluding carboxylic acids is 1. The summed E-state index contributed by atoms with van der Waals surface area (Å²) in [6, 6.07) is 9.74. The van der Waals surface area contributed by atoms with Crippen molar-refractivity contribution in [1.82, 2.24) is 0 Å². The molecule has 0 bridgehead atoms. The third-order valence-corrected chi connectivity index (χ3v) is 3.82. The van der Waals surface area contributed by atoms with Gasteiger partial charge in [0.25, 0.3) is 5.91 Å². The summed E-state index contributed by atoms with van der Waals surface area (Å²) >= 11 is 3.41. The quantitative estimate of drug-likeness (QED) is 0.869. The van der Waals surface area contributed by atoms with Crippen molar-refractivity contribution in [2.75, 3.05) is 5.32 Å². The highest BCUT2D eigenvalue weighted by Crippen LogP contribution is 2.24. The van der Waals surface area contributed by atoms with Crippen molar-refractivity contribution in [3.8, 4) is 0 Å². The lowest BCUT2D eigenvalue weighted by Crippen LogP contribution is -2.14. The lowest BCUT2D eigenvalue weighted by molar-refractivity contribution is 0.102. The maximum Gasteiger partial charge on any atom is 0.256 e. The summed E-state index contributed by atoms with van der Waals surface area (Å²) in [6.45, 7) is 3.68. The van der Waals surface area contributed by atoms with Crippen LogP contribution in [0, 0.1) is 19.7 Å². The summed E-state index contributed by atoms with van der Waals surface area (Å²) in [5, 5.41) is 2.80. The van der Waals surface area contributed by atoms with Crippen molar-refractivity contribution in [3.05, 3.63) is 63.4 Å². The maximum atomic E-state index is 13.2. The Hall–Kier alpha value is -1.68. The van der Waals surface area contributed by atoms with Gasteiger partial charge in [-0.05, 0) is 49.2 Å². The minimum atomic E-state index is -0.415. The molecule has 0 atom stereocenters. The van der Waals surface area contributed by atoms with Crippen LogP contribution in [0.2, 0.25) is 0 Å². The Morgan fingerprint density at radius 3 is 2.68 bits per heavy atom. The number of rotatable bonds is 2. The number of amides is 1. The minimum absolute atomic E-state index is 0.307. The van der Waals surface area contributed by atoms with E-state index in [0.717, 1.165) is 15.6 Å². The van der Waals surface area contributed by atoms with E-state index < -0.39 is 5.82 Å². The fraction of sp³-hybridized carbons (Fsp3) is 0.133. The Kier molecular flexibility index (Phi) is 4.00. The van der Waals surface area contributed by atoms with Gasteiger partial charge < -0.3 is 5.32 Å². The van der Waals surface area contributed by atoms with Gasteiger partial charge >= 0.3 is 0 Å². The van der Waals surface area contributed by atoms with Crippen molar-refractivity contribution >= 4 is 27.5 Å². The summed E-state index contributed by atoms with van der Waals surface area (Å²) in [5.41, 5.74) is 2.74. The van der Waals surface area contributed by atoms with E-state index in [9.17, 15) is 9.18 Å². The second-order valence-corrected chi connectivity index (χ2v) is 5.18. The zero-order valence-electron chi connectivity index (χ0n) is 10.6. The molecular formula is C15H13BrFNO. The minimum Gasteiger partial charge on any atom is -0.322 e. The Morgan fingerprint density at radius 1 is 1.21 bits per heavy atom. The van der Waals surface area contributed by atoms with Gasteiger partial charge in [0.2, 0.25) is 0 Å². The summed E-state index contributed by atoms with van der Waals surface area (Å²) in [6.07, 6.45) is 0. The Bertz CT molecular complexity index is 640. The highest BCUT2D eigenvalue weighted by atomic mass is 79.9. The molecule has 0 spiro atoms. The first-order valence-electron chi connectivity index (χ1n) is 5.81. The molecule has 2 nitrogen and oxygen atoms in total. The second kappa shape index (κ2) is 5.53. The summed E-state index contributed by atoms with van der Waals surface area (Å²) in [7, 11) is 0. The van der Waals surface area contributed by atoms with E-state index in [0.29, 0.717) is 11.3 Å². The molecule has 0 aliphatic heterocycles. The first kappa shape index (κ1) is 13.7. The summed E-state index contributed by atoms with van der Waals surface area (Å²) in [4.78, 5) is 12.2. The molecule has 0 fully saturated rings. The van der Waals surface area contributed by atoms with Crippen molar-refractivity contribution < 1.29 is 9.18 Å². The van der Waals surface area contributed by atoms with Crippen LogP contribution in [0.4, 0.5) is 10.1 Å². The highest BCUT2D eigenvalue weighted by Gasteiger charge is 2.12. The van der Waals surface area contributed by atoms with Gasteiger partial charge in [-0.1, -0.05) is 28.1 Å². The number of nitrogens with one attached hydrogen (secondary N) is 1. The van der Waals surface area contributed by atoms with Crippen LogP contribution in [0.3, 0.4) is 0 Å². The van der Waals surface area contributed by atoms with E-state index in [-0.39, 0.29) is 5.91 Å². The second-order valence-electron chi connectivity index (χ2n) is 4.33. The van der Waals surface area contributed by atoms with Gasteiger partial charge in [0, 0.05) is 15.7 Å². The van der Waals surface area contributed by atoms with Crippen molar-refractivity contribution in [2.45, 2.75) is 13.8 Å². The molecule has 2 rings (SSSR count). The molecule has 19 heavy (non-hydrogen) atoms. The molecule has 0 saturated carbocycles. The molecular weight excluding hydrogens is 309 g/mol. The van der Waals surface area contributed by atoms with Crippen LogP contribution in [0.25, 0.3) is 0 Å². The third kappa shape index (κ3) is 3.01. The van der Waals surface area contributed by atoms with Crippen molar-refractivity contribution in [3.63, 3.8) is 0 Å². The Balaban J connectivity index is 2.31. The monoisotopic (exact) mass is 321 g/mol. The molecule has 0 aliphatic rings. The van der Waals surface area contributed by atoms with Crippen LogP contribution in [-0.2, 0) is 0 Å². The van der Waals surface area contributed by atoms with Crippen LogP contribution in [0.15, 0.2) is 40.9 Å². The Labute approximate surface area is 119 Å². The fourth-order valence-electron chi connectivity index (χ4n) is 1.77. The largest absolute Gasteiger partial charge is 0.322 e. The number of aryl methyl sites for hydroxylation is 1. The smallest absolute Gasteiger partial charge is 0.256 e. The van der Waals surface area contributed by atoms with Gasteiger partial charge in [-0.2, -0.15) is 0 Å². The number of anilines is 1. The molecule has 0 unspecified atom stereocenters. The van der Waals surface area contributed by atoms with E-state index in [1.807, 2.05) is 25.1 Å². The van der Waals surface area contributed by atoms with E-state index in [1.165, 1.54) is 12.1 Å². The van der Waals surface area contributed by atoms with Gasteiger partial charge in [0.15, 0.2) is 0 Å². The van der Waals surface area contributed by atoms with E-state index in [1.54, 1.807) is 13.0 Å². The topological polar surface area (TPSA) is 29.1 Å². The number of hydrogen-bond donors (Lipinski definition) is 1. The molecule has 4 heteroatoms. The molecule has 0 radical (unpaired) electrons. The highest BCUT2D eigenvalue weighted by molar-refractivity contribution is 9.10. The maximum absolute atomic E-state index is 13.2. The lowest BCUT2D eigenvalue weighted by atomic mass is 10.1. The van der Waals surface area contributed by atoms with Crippen LogP contribution < -0.4 is 5.32 Å². The fourth-order valence-corrected chi connectivity index (χ4v) is 2.14. The van der Waals surface area contributed by atoms with Crippen LogP contribution in [-0.4, -0.2) is 5.91 Å². The summed E-state index contributed by atoms with van der Waals surface area (Å²) in [5.74, 6) is -0.722. The SMILES string of the molecule is Cc1ccc(F)cc1C(=O)Nc1cccc(Br)c1C. The number of carbonyl (C=O) groups is 1. The number of halogens is 2. The van der Waals surface area contributed by atoms with E-state index >= 15 is 0 Å². The Morgan fingerprint density at radius 2 is 1.95 bits per heavy atom. The lowest BCUT2D eigenvalue weighted by Gasteiger charge is -2.11. The predicted molar refractivity (Wildman–Crippen MR) is 78.0 cm³/mol. The third-order valence-electron chi connectivity index (χ3n) is 2.96. The van der Waals surface area contributed by atoms with Crippen LogP contribution in [0.5, 0.6) is 0 Å². The van der Waals surface area contributed by atoms with Crippen molar-refractivity contribution in [2.24, 2.45) is 0 Å². The van der Waals surface area contributed by atoms with Gasteiger partial charge in [-0.25, -0.2) is 4.39 Å². The number of hydrogen-bond acceptors (Lipinski definition) is 1. The van der Waals surface area contributed by atoms with Gasteiger partial charge in [-0.15, -0.1) is 0 Å². The van der Waals surface area contributed by atoms with Gasteiger partial charge in [-0.3, -0.25) is 4.79 Å². The predicted octanol–water partition coefficient (Wildman–Crippen LogP) is 4.46. The molecule has 2 aromatic carbocycles. The summed E-state index contributed by atoms with van der Waals surface area (Å²) < 4.78 is 14.1. The average Bonchev–Trinajstić information content (AvgIpc) is 2.38. The zero-order valence-corrected chi connectivity index (χ0v) is 12.2. The molecule has 98 valence electrons. The van der Waals surface area contributed by atoms with E-state index in [2.05, 4.69) is 21.2 Å². The molecule has 0 heterocycles.